The van der Waals surface area contributed by atoms with E-state index in [0.717, 1.165) is 0 Å². The highest BCUT2D eigenvalue weighted by atomic mass is 16.5. The van der Waals surface area contributed by atoms with Gasteiger partial charge in [-0.15, -0.1) is 0 Å². The van der Waals surface area contributed by atoms with Crippen LogP contribution in [0.2, 0.25) is 0 Å². The van der Waals surface area contributed by atoms with Gasteiger partial charge in [-0.2, -0.15) is 0 Å². The number of ketones is 1. The fourth-order valence-corrected chi connectivity index (χ4v) is 3.67. The van der Waals surface area contributed by atoms with Gasteiger partial charge < -0.3 is 33.2 Å². The highest BCUT2D eigenvalue weighted by Gasteiger charge is 2.24. The van der Waals surface area contributed by atoms with Crippen molar-refractivity contribution < 1.29 is 38.0 Å². The number of rotatable bonds is 8. The number of Topliss-reactive ketones (excluding diaryl/α,β-unsaturated/α-hetero) is 1. The third kappa shape index (κ3) is 4.75. The Labute approximate surface area is 193 Å². The molecule has 1 heterocycles. The summed E-state index contributed by atoms with van der Waals surface area (Å²) in [5.41, 5.74) is 2.31. The smallest absolute Gasteiger partial charge is 0.203 e. The van der Waals surface area contributed by atoms with Crippen LogP contribution in [0.5, 0.6) is 34.5 Å². The number of hydrogen-bond acceptors (Lipinski definition) is 8. The summed E-state index contributed by atoms with van der Waals surface area (Å²) in [7, 11) is 9.23. The van der Waals surface area contributed by atoms with E-state index in [-0.39, 0.29) is 19.0 Å². The molecule has 8 nitrogen and oxygen atoms in total. The molecule has 0 spiro atoms. The van der Waals surface area contributed by atoms with Gasteiger partial charge in [0.1, 0.15) is 0 Å². The second kappa shape index (κ2) is 10.8. The first-order valence-electron chi connectivity index (χ1n) is 10.1. The Morgan fingerprint density at radius 2 is 1.00 bits per heavy atom. The molecule has 3 rings (SSSR count). The van der Waals surface area contributed by atoms with Gasteiger partial charge in [-0.1, -0.05) is 0 Å². The number of methoxy groups -OCH3 is 6. The number of benzene rings is 2. The third-order valence-corrected chi connectivity index (χ3v) is 5.23. The monoisotopic (exact) mass is 456 g/mol. The molecule has 0 aromatic heterocycles. The van der Waals surface area contributed by atoms with Gasteiger partial charge in [0.25, 0.3) is 0 Å². The molecule has 1 aliphatic rings. The molecule has 0 saturated carbocycles. The number of carbonyl (C=O) groups is 1. The topological polar surface area (TPSA) is 81.7 Å². The summed E-state index contributed by atoms with van der Waals surface area (Å²) in [5.74, 6) is 2.76. The predicted molar refractivity (Wildman–Crippen MR) is 124 cm³/mol. The Morgan fingerprint density at radius 3 is 1.33 bits per heavy atom. The van der Waals surface area contributed by atoms with E-state index in [2.05, 4.69) is 0 Å². The summed E-state index contributed by atoms with van der Waals surface area (Å²) in [6, 6.07) is 7.12. The largest absolute Gasteiger partial charge is 0.493 e. The van der Waals surface area contributed by atoms with Gasteiger partial charge in [-0.25, -0.2) is 0 Å². The zero-order chi connectivity index (χ0) is 24.0. The summed E-state index contributed by atoms with van der Waals surface area (Å²) in [6.07, 6.45) is 3.48. The fraction of sp³-hybridized carbons (Fsp3) is 0.320. The lowest BCUT2D eigenvalue weighted by atomic mass is 9.97. The summed E-state index contributed by atoms with van der Waals surface area (Å²) in [4.78, 5) is 13.3. The SMILES string of the molecule is COc1ccc(C=C2COCC(=Cc3ccc(OC)c(OC)c3OC)C2=O)c(OC)c1OC. The van der Waals surface area contributed by atoms with Crippen LogP contribution in [0.1, 0.15) is 11.1 Å². The van der Waals surface area contributed by atoms with E-state index in [9.17, 15) is 4.79 Å². The Balaban J connectivity index is 2.02. The average molecular weight is 456 g/mol. The molecule has 33 heavy (non-hydrogen) atoms. The predicted octanol–water partition coefficient (Wildman–Crippen LogP) is 3.80. The van der Waals surface area contributed by atoms with Crippen molar-refractivity contribution in [3.8, 4) is 34.5 Å². The van der Waals surface area contributed by atoms with Crippen LogP contribution < -0.4 is 28.4 Å². The van der Waals surface area contributed by atoms with Crippen LogP contribution in [0, 0.1) is 0 Å². The molecule has 1 fully saturated rings. The van der Waals surface area contributed by atoms with Crippen molar-refractivity contribution in [2.75, 3.05) is 55.9 Å². The molecular formula is C25H28O8. The van der Waals surface area contributed by atoms with Crippen LogP contribution in [0.15, 0.2) is 35.4 Å². The highest BCUT2D eigenvalue weighted by molar-refractivity contribution is 6.14. The van der Waals surface area contributed by atoms with Crippen molar-refractivity contribution >= 4 is 17.9 Å². The Bertz CT molecular complexity index is 1000. The van der Waals surface area contributed by atoms with E-state index < -0.39 is 0 Å². The molecule has 1 aliphatic heterocycles. The molecule has 0 unspecified atom stereocenters. The molecule has 2 aromatic rings. The maximum Gasteiger partial charge on any atom is 0.203 e. The van der Waals surface area contributed by atoms with E-state index in [1.165, 1.54) is 28.4 Å². The minimum atomic E-state index is -0.130. The lowest BCUT2D eigenvalue weighted by Gasteiger charge is -2.20. The second-order valence-electron chi connectivity index (χ2n) is 7.01. The highest BCUT2D eigenvalue weighted by Crippen LogP contribution is 2.42. The molecule has 0 aliphatic carbocycles. The lowest BCUT2D eigenvalue weighted by Crippen LogP contribution is -2.22. The first kappa shape index (κ1) is 24.0. The Kier molecular flexibility index (Phi) is 7.84. The summed E-state index contributed by atoms with van der Waals surface area (Å²) in [5, 5.41) is 0. The summed E-state index contributed by atoms with van der Waals surface area (Å²) in [6.45, 7) is 0.355. The Hall–Kier alpha value is -3.65. The van der Waals surface area contributed by atoms with Gasteiger partial charge in [0.15, 0.2) is 28.8 Å². The standard InChI is InChI=1S/C25H28O8/c1-27-19-9-7-15(22(29-3)24(19)31-5)11-17-13-33-14-18(21(17)26)12-16-8-10-20(28-2)25(32-6)23(16)30-4/h7-12H,13-14H2,1-6H3. The number of hydrogen-bond donors (Lipinski definition) is 0. The fourth-order valence-electron chi connectivity index (χ4n) is 3.67. The molecule has 2 aromatic carbocycles. The zero-order valence-electron chi connectivity index (χ0n) is 19.6. The van der Waals surface area contributed by atoms with Gasteiger partial charge in [-0.05, 0) is 36.4 Å². The van der Waals surface area contributed by atoms with Crippen molar-refractivity contribution in [2.45, 2.75) is 0 Å². The molecule has 176 valence electrons. The van der Waals surface area contributed by atoms with Gasteiger partial charge >= 0.3 is 0 Å². The van der Waals surface area contributed by atoms with Crippen molar-refractivity contribution in [3.05, 3.63) is 46.5 Å². The normalized spacial score (nSPS) is 16.0. The van der Waals surface area contributed by atoms with Gasteiger partial charge in [0.2, 0.25) is 11.5 Å². The van der Waals surface area contributed by atoms with E-state index in [1.54, 1.807) is 50.6 Å². The minimum absolute atomic E-state index is 0.130. The average Bonchev–Trinajstić information content (AvgIpc) is 2.85. The van der Waals surface area contributed by atoms with Gasteiger partial charge in [0.05, 0.1) is 55.9 Å². The first-order chi connectivity index (χ1) is 16.0. The molecule has 0 amide bonds. The number of ether oxygens (including phenoxy) is 7. The Morgan fingerprint density at radius 1 is 0.606 bits per heavy atom. The van der Waals surface area contributed by atoms with E-state index in [0.29, 0.717) is 56.8 Å². The summed E-state index contributed by atoms with van der Waals surface area (Å²) < 4.78 is 38.3. The van der Waals surface area contributed by atoms with Crippen LogP contribution in [-0.2, 0) is 9.53 Å². The lowest BCUT2D eigenvalue weighted by molar-refractivity contribution is -0.114. The number of carbonyl (C=O) groups excluding carboxylic acids is 1. The van der Waals surface area contributed by atoms with Gasteiger partial charge in [0, 0.05) is 22.3 Å². The van der Waals surface area contributed by atoms with E-state index in [4.69, 9.17) is 33.2 Å². The van der Waals surface area contributed by atoms with Crippen molar-refractivity contribution in [2.24, 2.45) is 0 Å². The quantitative estimate of drug-likeness (QED) is 0.555. The van der Waals surface area contributed by atoms with E-state index >= 15 is 0 Å². The molecule has 0 bridgehead atoms. The van der Waals surface area contributed by atoms with Crippen molar-refractivity contribution in [3.63, 3.8) is 0 Å². The second-order valence-corrected chi connectivity index (χ2v) is 7.01. The van der Waals surface area contributed by atoms with Crippen LogP contribution >= 0.6 is 0 Å². The van der Waals surface area contributed by atoms with Crippen LogP contribution in [0.3, 0.4) is 0 Å². The van der Waals surface area contributed by atoms with Crippen molar-refractivity contribution in [1.82, 2.24) is 0 Å². The molecule has 0 atom stereocenters. The molecule has 0 radical (unpaired) electrons. The maximum absolute atomic E-state index is 13.3. The van der Waals surface area contributed by atoms with Gasteiger partial charge in [-0.3, -0.25) is 4.79 Å². The third-order valence-electron chi connectivity index (χ3n) is 5.23. The molecule has 0 N–H and O–H groups in total. The van der Waals surface area contributed by atoms with Crippen LogP contribution in [0.4, 0.5) is 0 Å². The van der Waals surface area contributed by atoms with E-state index in [1.807, 2.05) is 0 Å². The zero-order valence-corrected chi connectivity index (χ0v) is 19.6. The summed E-state index contributed by atoms with van der Waals surface area (Å²) >= 11 is 0. The van der Waals surface area contributed by atoms with Crippen LogP contribution in [-0.4, -0.2) is 61.7 Å². The maximum atomic E-state index is 13.3. The first-order valence-corrected chi connectivity index (χ1v) is 10.1. The van der Waals surface area contributed by atoms with Crippen LogP contribution in [0.25, 0.3) is 12.2 Å². The molecule has 8 heteroatoms. The molecular weight excluding hydrogens is 428 g/mol. The minimum Gasteiger partial charge on any atom is -0.493 e. The molecule has 1 saturated heterocycles. The van der Waals surface area contributed by atoms with Crippen molar-refractivity contribution in [1.29, 1.82) is 0 Å².